The first-order valence-electron chi connectivity index (χ1n) is 5.15. The molecular weight excluding hydrogens is 244 g/mol. The SMILES string of the molecule is CCn1c(CCl)nc2sc(C)c(C)c2c1=O. The molecular formula is C11H13ClN2OS. The fourth-order valence-corrected chi connectivity index (χ4v) is 3.04. The highest BCUT2D eigenvalue weighted by atomic mass is 35.5. The minimum atomic E-state index is 0.0324. The van der Waals surface area contributed by atoms with Crippen LogP contribution in [0.1, 0.15) is 23.2 Å². The van der Waals surface area contributed by atoms with Crippen LogP contribution in [0.4, 0.5) is 0 Å². The molecule has 0 amide bonds. The molecule has 0 unspecified atom stereocenters. The molecule has 2 aromatic heterocycles. The van der Waals surface area contributed by atoms with Gasteiger partial charge in [0.15, 0.2) is 0 Å². The third kappa shape index (κ3) is 1.57. The Morgan fingerprint density at radius 1 is 1.44 bits per heavy atom. The van der Waals surface area contributed by atoms with Crippen molar-refractivity contribution < 1.29 is 0 Å². The largest absolute Gasteiger partial charge is 0.295 e. The van der Waals surface area contributed by atoms with E-state index in [9.17, 15) is 4.79 Å². The normalized spacial score (nSPS) is 11.2. The highest BCUT2D eigenvalue weighted by Crippen LogP contribution is 2.26. The zero-order valence-electron chi connectivity index (χ0n) is 9.50. The maximum Gasteiger partial charge on any atom is 0.262 e. The van der Waals surface area contributed by atoms with E-state index >= 15 is 0 Å². The lowest BCUT2D eigenvalue weighted by atomic mass is 10.2. The molecule has 2 rings (SSSR count). The molecule has 0 aromatic carbocycles. The van der Waals surface area contributed by atoms with Crippen LogP contribution in [0.3, 0.4) is 0 Å². The van der Waals surface area contributed by atoms with Crippen molar-refractivity contribution in [2.75, 3.05) is 0 Å². The van der Waals surface area contributed by atoms with E-state index in [1.807, 2.05) is 20.8 Å². The molecule has 0 spiro atoms. The van der Waals surface area contributed by atoms with Crippen molar-refractivity contribution in [2.45, 2.75) is 33.2 Å². The van der Waals surface area contributed by atoms with Crippen LogP contribution in [0.2, 0.25) is 0 Å². The summed E-state index contributed by atoms with van der Waals surface area (Å²) in [6, 6.07) is 0. The van der Waals surface area contributed by atoms with Crippen molar-refractivity contribution in [3.63, 3.8) is 0 Å². The summed E-state index contributed by atoms with van der Waals surface area (Å²) >= 11 is 7.37. The summed E-state index contributed by atoms with van der Waals surface area (Å²) in [6.45, 7) is 6.52. The molecule has 2 heterocycles. The fourth-order valence-electron chi connectivity index (χ4n) is 1.80. The van der Waals surface area contributed by atoms with Gasteiger partial charge in [-0.15, -0.1) is 22.9 Å². The van der Waals surface area contributed by atoms with E-state index < -0.39 is 0 Å². The predicted octanol–water partition coefficient (Wildman–Crippen LogP) is 2.83. The molecule has 0 radical (unpaired) electrons. The van der Waals surface area contributed by atoms with E-state index in [4.69, 9.17) is 11.6 Å². The summed E-state index contributed by atoms with van der Waals surface area (Å²) in [5.74, 6) is 0.928. The molecule has 2 aromatic rings. The molecule has 0 bridgehead atoms. The van der Waals surface area contributed by atoms with Crippen LogP contribution in [0.5, 0.6) is 0 Å². The Balaban J connectivity index is 2.94. The number of hydrogen-bond donors (Lipinski definition) is 0. The summed E-state index contributed by atoms with van der Waals surface area (Å²) in [5, 5.41) is 0.748. The number of thiophene rings is 1. The Labute approximate surface area is 103 Å². The van der Waals surface area contributed by atoms with Crippen LogP contribution in [0, 0.1) is 13.8 Å². The number of aromatic nitrogens is 2. The minimum Gasteiger partial charge on any atom is -0.295 e. The van der Waals surface area contributed by atoms with Crippen molar-refractivity contribution in [2.24, 2.45) is 0 Å². The molecule has 0 atom stereocenters. The molecule has 0 saturated carbocycles. The van der Waals surface area contributed by atoms with E-state index in [0.29, 0.717) is 12.4 Å². The molecule has 0 aliphatic rings. The molecule has 16 heavy (non-hydrogen) atoms. The fraction of sp³-hybridized carbons (Fsp3) is 0.455. The van der Waals surface area contributed by atoms with E-state index in [0.717, 1.165) is 20.7 Å². The Morgan fingerprint density at radius 2 is 2.12 bits per heavy atom. The van der Waals surface area contributed by atoms with Gasteiger partial charge in [-0.2, -0.15) is 0 Å². The molecule has 0 aliphatic carbocycles. The van der Waals surface area contributed by atoms with Crippen molar-refractivity contribution in [1.29, 1.82) is 0 Å². The van der Waals surface area contributed by atoms with Gasteiger partial charge in [-0.3, -0.25) is 9.36 Å². The number of hydrogen-bond acceptors (Lipinski definition) is 3. The molecule has 0 fully saturated rings. The maximum absolute atomic E-state index is 12.2. The van der Waals surface area contributed by atoms with Gasteiger partial charge in [0.1, 0.15) is 10.7 Å². The minimum absolute atomic E-state index is 0.0324. The van der Waals surface area contributed by atoms with Crippen LogP contribution in [-0.2, 0) is 12.4 Å². The van der Waals surface area contributed by atoms with Gasteiger partial charge in [0.05, 0.1) is 11.3 Å². The van der Waals surface area contributed by atoms with Gasteiger partial charge in [0.2, 0.25) is 0 Å². The Kier molecular flexibility index (Phi) is 3.04. The molecule has 86 valence electrons. The lowest BCUT2D eigenvalue weighted by Gasteiger charge is -2.07. The molecule has 3 nitrogen and oxygen atoms in total. The van der Waals surface area contributed by atoms with Crippen LogP contribution in [-0.4, -0.2) is 9.55 Å². The van der Waals surface area contributed by atoms with Crippen LogP contribution < -0.4 is 5.56 Å². The standard InChI is InChI=1S/C11H13ClN2OS/c1-4-14-8(5-12)13-10-9(11(14)15)6(2)7(3)16-10/h4-5H2,1-3H3. The summed E-state index contributed by atoms with van der Waals surface area (Å²) < 4.78 is 1.65. The summed E-state index contributed by atoms with van der Waals surface area (Å²) in [5.41, 5.74) is 1.07. The van der Waals surface area contributed by atoms with Gasteiger partial charge in [0, 0.05) is 11.4 Å². The number of alkyl halides is 1. The van der Waals surface area contributed by atoms with Gasteiger partial charge in [-0.1, -0.05) is 0 Å². The summed E-state index contributed by atoms with van der Waals surface area (Å²) in [7, 11) is 0. The Morgan fingerprint density at radius 3 is 2.69 bits per heavy atom. The Bertz CT molecular complexity index is 600. The van der Waals surface area contributed by atoms with E-state index in [2.05, 4.69) is 4.98 Å². The topological polar surface area (TPSA) is 34.9 Å². The van der Waals surface area contributed by atoms with Gasteiger partial charge < -0.3 is 0 Å². The zero-order chi connectivity index (χ0) is 11.9. The average Bonchev–Trinajstić information content (AvgIpc) is 2.54. The van der Waals surface area contributed by atoms with Gasteiger partial charge in [0.25, 0.3) is 5.56 Å². The Hall–Kier alpha value is -0.870. The second kappa shape index (κ2) is 4.18. The maximum atomic E-state index is 12.2. The lowest BCUT2D eigenvalue weighted by Crippen LogP contribution is -2.23. The van der Waals surface area contributed by atoms with Gasteiger partial charge in [-0.05, 0) is 26.3 Å². The first-order chi connectivity index (χ1) is 7.60. The molecule has 0 aliphatic heterocycles. The quantitative estimate of drug-likeness (QED) is 0.775. The monoisotopic (exact) mass is 256 g/mol. The van der Waals surface area contributed by atoms with Crippen molar-refractivity contribution >= 4 is 33.2 Å². The summed E-state index contributed by atoms with van der Waals surface area (Å²) in [6.07, 6.45) is 0. The molecule has 0 saturated heterocycles. The number of fused-ring (bicyclic) bond motifs is 1. The predicted molar refractivity (Wildman–Crippen MR) is 68.6 cm³/mol. The van der Waals surface area contributed by atoms with Crippen molar-refractivity contribution in [3.05, 3.63) is 26.6 Å². The van der Waals surface area contributed by atoms with Gasteiger partial charge >= 0.3 is 0 Å². The second-order valence-corrected chi connectivity index (χ2v) is 5.14. The first-order valence-corrected chi connectivity index (χ1v) is 6.50. The number of nitrogens with zero attached hydrogens (tertiary/aromatic N) is 2. The van der Waals surface area contributed by atoms with Crippen molar-refractivity contribution in [3.8, 4) is 0 Å². The highest BCUT2D eigenvalue weighted by molar-refractivity contribution is 7.18. The molecule has 0 N–H and O–H groups in total. The first kappa shape index (κ1) is 11.6. The smallest absolute Gasteiger partial charge is 0.262 e. The van der Waals surface area contributed by atoms with E-state index in [-0.39, 0.29) is 11.4 Å². The van der Waals surface area contributed by atoms with Crippen LogP contribution in [0.25, 0.3) is 10.2 Å². The zero-order valence-corrected chi connectivity index (χ0v) is 11.1. The second-order valence-electron chi connectivity index (χ2n) is 3.67. The number of halogens is 1. The van der Waals surface area contributed by atoms with Crippen LogP contribution in [0.15, 0.2) is 4.79 Å². The number of aryl methyl sites for hydroxylation is 2. The van der Waals surface area contributed by atoms with E-state index in [1.165, 1.54) is 0 Å². The van der Waals surface area contributed by atoms with Crippen molar-refractivity contribution in [1.82, 2.24) is 9.55 Å². The van der Waals surface area contributed by atoms with Gasteiger partial charge in [-0.25, -0.2) is 4.98 Å². The van der Waals surface area contributed by atoms with Crippen LogP contribution >= 0.6 is 22.9 Å². The summed E-state index contributed by atoms with van der Waals surface area (Å²) in [4.78, 5) is 18.7. The average molecular weight is 257 g/mol. The number of rotatable bonds is 2. The third-order valence-electron chi connectivity index (χ3n) is 2.80. The molecule has 5 heteroatoms. The van der Waals surface area contributed by atoms with E-state index in [1.54, 1.807) is 15.9 Å². The lowest BCUT2D eigenvalue weighted by molar-refractivity contribution is 0.681. The highest BCUT2D eigenvalue weighted by Gasteiger charge is 2.14. The third-order valence-corrected chi connectivity index (χ3v) is 4.14.